The van der Waals surface area contributed by atoms with E-state index in [0.717, 1.165) is 12.0 Å². The molecule has 0 aliphatic rings. The van der Waals surface area contributed by atoms with Gasteiger partial charge in [0.25, 0.3) is 0 Å². The summed E-state index contributed by atoms with van der Waals surface area (Å²) in [6, 6.07) is 0. The number of isocyanates is 1. The third-order valence-electron chi connectivity index (χ3n) is 1.81. The molecule has 0 spiro atoms. The summed E-state index contributed by atoms with van der Waals surface area (Å²) in [5.74, 6) is 0. The van der Waals surface area contributed by atoms with Gasteiger partial charge in [-0.2, -0.15) is 4.99 Å². The molecule has 0 aromatic rings. The molecule has 2 nitrogen and oxygen atoms in total. The molecule has 0 bridgehead atoms. The second-order valence-corrected chi connectivity index (χ2v) is 2.87. The molecule has 0 unspecified atom stereocenters. The van der Waals surface area contributed by atoms with E-state index in [1.54, 1.807) is 0 Å². The van der Waals surface area contributed by atoms with Gasteiger partial charge in [-0.15, -0.1) is 0 Å². The number of allylic oxidation sites excluding steroid dienone is 4. The SMILES string of the molecule is C=C(N=C=O)/C(C)=C\C=C(\C)CC. The zero-order valence-electron chi connectivity index (χ0n) is 8.42. The van der Waals surface area contributed by atoms with Gasteiger partial charge in [-0.05, 0) is 25.8 Å². The summed E-state index contributed by atoms with van der Waals surface area (Å²) in [6.45, 7) is 9.63. The van der Waals surface area contributed by atoms with Crippen LogP contribution in [0.1, 0.15) is 27.2 Å². The Labute approximate surface area is 79.4 Å². The first-order valence-corrected chi connectivity index (χ1v) is 4.23. The first kappa shape index (κ1) is 11.6. The Hall–Kier alpha value is -1.40. The standard InChI is InChI=1S/C11H15NO/c1-5-9(2)6-7-10(3)11(4)12-8-13/h6-7H,4-5H2,1-3H3/b9-6-,10-7-. The van der Waals surface area contributed by atoms with Gasteiger partial charge < -0.3 is 0 Å². The zero-order valence-corrected chi connectivity index (χ0v) is 8.42. The van der Waals surface area contributed by atoms with Gasteiger partial charge in [0.15, 0.2) is 0 Å². The largest absolute Gasteiger partial charge is 0.240 e. The lowest BCUT2D eigenvalue weighted by atomic mass is 10.1. The van der Waals surface area contributed by atoms with Gasteiger partial charge >= 0.3 is 0 Å². The van der Waals surface area contributed by atoms with E-state index in [2.05, 4.69) is 25.4 Å². The van der Waals surface area contributed by atoms with Crippen LogP contribution in [0.2, 0.25) is 0 Å². The molecule has 0 fully saturated rings. The molecule has 0 saturated heterocycles. The van der Waals surface area contributed by atoms with E-state index < -0.39 is 0 Å². The molecule has 0 aliphatic heterocycles. The topological polar surface area (TPSA) is 29.4 Å². The van der Waals surface area contributed by atoms with Gasteiger partial charge in [0.05, 0.1) is 5.70 Å². The maximum absolute atomic E-state index is 9.92. The third-order valence-corrected chi connectivity index (χ3v) is 1.81. The molecule has 0 rings (SSSR count). The normalized spacial score (nSPS) is 12.2. The molecule has 0 heterocycles. The third kappa shape index (κ3) is 4.94. The van der Waals surface area contributed by atoms with E-state index in [0.29, 0.717) is 5.70 Å². The number of carbonyl (C=O) groups excluding carboxylic acids is 1. The lowest BCUT2D eigenvalue weighted by Crippen LogP contribution is -1.78. The van der Waals surface area contributed by atoms with Crippen LogP contribution in [0.3, 0.4) is 0 Å². The van der Waals surface area contributed by atoms with Gasteiger partial charge in [0.1, 0.15) is 0 Å². The summed E-state index contributed by atoms with van der Waals surface area (Å²) in [5.41, 5.74) is 2.63. The number of hydrogen-bond acceptors (Lipinski definition) is 2. The predicted octanol–water partition coefficient (Wildman–Crippen LogP) is 3.14. The van der Waals surface area contributed by atoms with Crippen LogP contribution in [0.15, 0.2) is 40.6 Å². The molecule has 2 heteroatoms. The summed E-state index contributed by atoms with van der Waals surface area (Å²) in [6.07, 6.45) is 6.39. The molecule has 0 aromatic carbocycles. The van der Waals surface area contributed by atoms with Crippen molar-refractivity contribution in [3.05, 3.63) is 35.6 Å². The summed E-state index contributed by atoms with van der Waals surface area (Å²) < 4.78 is 0. The summed E-state index contributed by atoms with van der Waals surface area (Å²) in [7, 11) is 0. The zero-order chi connectivity index (χ0) is 10.3. The summed E-state index contributed by atoms with van der Waals surface area (Å²) in [4.78, 5) is 13.3. The Balaban J connectivity index is 4.50. The van der Waals surface area contributed by atoms with Crippen molar-refractivity contribution in [3.63, 3.8) is 0 Å². The van der Waals surface area contributed by atoms with Gasteiger partial charge in [-0.25, -0.2) is 4.79 Å². The number of aliphatic imine (C=N–C) groups is 1. The maximum atomic E-state index is 9.92. The van der Waals surface area contributed by atoms with Crippen molar-refractivity contribution < 1.29 is 4.79 Å². The second kappa shape index (κ2) is 6.15. The molecule has 0 saturated carbocycles. The highest BCUT2D eigenvalue weighted by atomic mass is 16.1. The molecule has 0 aliphatic carbocycles. The summed E-state index contributed by atoms with van der Waals surface area (Å²) in [5, 5.41) is 0. The Kier molecular flexibility index (Phi) is 5.49. The van der Waals surface area contributed by atoms with E-state index in [1.165, 1.54) is 11.7 Å². The van der Waals surface area contributed by atoms with Gasteiger partial charge in [-0.3, -0.25) is 0 Å². The molecule has 13 heavy (non-hydrogen) atoms. The Morgan fingerprint density at radius 3 is 2.54 bits per heavy atom. The van der Waals surface area contributed by atoms with Crippen LogP contribution < -0.4 is 0 Å². The quantitative estimate of drug-likeness (QED) is 0.368. The van der Waals surface area contributed by atoms with Crippen molar-refractivity contribution in [1.82, 2.24) is 0 Å². The van der Waals surface area contributed by atoms with Crippen molar-refractivity contribution in [2.45, 2.75) is 27.2 Å². The second-order valence-electron chi connectivity index (χ2n) is 2.87. The highest BCUT2D eigenvalue weighted by Crippen LogP contribution is 2.08. The molecular weight excluding hydrogens is 162 g/mol. The lowest BCUT2D eigenvalue weighted by Gasteiger charge is -1.95. The number of nitrogens with zero attached hydrogens (tertiary/aromatic N) is 1. The minimum atomic E-state index is 0.468. The van der Waals surface area contributed by atoms with Crippen molar-refractivity contribution in [3.8, 4) is 0 Å². The average molecular weight is 177 g/mol. The molecule has 0 amide bonds. The fourth-order valence-electron chi connectivity index (χ4n) is 0.625. The smallest absolute Gasteiger partial charge is 0.211 e. The van der Waals surface area contributed by atoms with E-state index in [1.807, 2.05) is 19.1 Å². The van der Waals surface area contributed by atoms with Crippen molar-refractivity contribution in [2.75, 3.05) is 0 Å². The van der Waals surface area contributed by atoms with Crippen LogP contribution in [0, 0.1) is 0 Å². The first-order valence-electron chi connectivity index (χ1n) is 4.23. The average Bonchev–Trinajstić information content (AvgIpc) is 2.13. The number of hydrogen-bond donors (Lipinski definition) is 0. The minimum Gasteiger partial charge on any atom is -0.211 e. The van der Waals surface area contributed by atoms with Gasteiger partial charge in [0.2, 0.25) is 6.08 Å². The first-order chi connectivity index (χ1) is 6.11. The van der Waals surface area contributed by atoms with Crippen LogP contribution in [0.25, 0.3) is 0 Å². The molecule has 0 aromatic heterocycles. The highest BCUT2D eigenvalue weighted by molar-refractivity contribution is 5.42. The molecule has 0 N–H and O–H groups in total. The minimum absolute atomic E-state index is 0.468. The monoisotopic (exact) mass is 177 g/mol. The van der Waals surface area contributed by atoms with Crippen LogP contribution in [0.5, 0.6) is 0 Å². The van der Waals surface area contributed by atoms with E-state index in [9.17, 15) is 4.79 Å². The Morgan fingerprint density at radius 2 is 2.08 bits per heavy atom. The van der Waals surface area contributed by atoms with E-state index in [-0.39, 0.29) is 0 Å². The fourth-order valence-corrected chi connectivity index (χ4v) is 0.625. The Morgan fingerprint density at radius 1 is 1.46 bits per heavy atom. The predicted molar refractivity (Wildman–Crippen MR) is 55.1 cm³/mol. The summed E-state index contributed by atoms with van der Waals surface area (Å²) >= 11 is 0. The van der Waals surface area contributed by atoms with E-state index >= 15 is 0 Å². The van der Waals surface area contributed by atoms with Crippen LogP contribution in [-0.2, 0) is 4.79 Å². The van der Waals surface area contributed by atoms with Gasteiger partial charge in [-0.1, -0.05) is 31.2 Å². The van der Waals surface area contributed by atoms with Crippen LogP contribution >= 0.6 is 0 Å². The molecular formula is C11H15NO. The van der Waals surface area contributed by atoms with Crippen LogP contribution in [0.4, 0.5) is 0 Å². The molecule has 70 valence electrons. The number of rotatable bonds is 4. The van der Waals surface area contributed by atoms with Gasteiger partial charge in [0, 0.05) is 0 Å². The highest BCUT2D eigenvalue weighted by Gasteiger charge is 1.91. The fraction of sp³-hybridized carbons (Fsp3) is 0.364. The molecule has 0 radical (unpaired) electrons. The van der Waals surface area contributed by atoms with Crippen LogP contribution in [-0.4, -0.2) is 6.08 Å². The maximum Gasteiger partial charge on any atom is 0.240 e. The lowest BCUT2D eigenvalue weighted by molar-refractivity contribution is 0.565. The van der Waals surface area contributed by atoms with Crippen molar-refractivity contribution >= 4 is 6.08 Å². The van der Waals surface area contributed by atoms with Crippen molar-refractivity contribution in [1.29, 1.82) is 0 Å². The molecule has 0 atom stereocenters. The van der Waals surface area contributed by atoms with E-state index in [4.69, 9.17) is 0 Å². The Bertz CT molecular complexity index is 291. The van der Waals surface area contributed by atoms with Crippen molar-refractivity contribution in [2.24, 2.45) is 4.99 Å².